The highest BCUT2D eigenvalue weighted by Crippen LogP contribution is 2.11. The monoisotopic (exact) mass is 236 g/mol. The summed E-state index contributed by atoms with van der Waals surface area (Å²) < 4.78 is 1.86. The maximum Gasteiger partial charge on any atom is 0.246 e. The first kappa shape index (κ1) is 11.8. The van der Waals surface area contributed by atoms with Gasteiger partial charge in [0.15, 0.2) is 0 Å². The molecule has 2 rings (SSSR count). The lowest BCUT2D eigenvalue weighted by Crippen LogP contribution is -2.37. The predicted octanol–water partition coefficient (Wildman–Crippen LogP) is -0.250. The second-order valence-electron chi connectivity index (χ2n) is 4.07. The van der Waals surface area contributed by atoms with Gasteiger partial charge in [0.2, 0.25) is 11.8 Å². The summed E-state index contributed by atoms with van der Waals surface area (Å²) in [6, 6.07) is 1.51. The van der Waals surface area contributed by atoms with Gasteiger partial charge in [-0.2, -0.15) is 5.10 Å². The summed E-state index contributed by atoms with van der Waals surface area (Å²) >= 11 is 0. The fraction of sp³-hybridized carbons (Fsp3) is 0.545. The SMILES string of the molecule is CCn1nccc1CNC1CC(=O)N(C)C1=O. The summed E-state index contributed by atoms with van der Waals surface area (Å²) in [5, 5.41) is 7.24. The molecule has 0 saturated carbocycles. The van der Waals surface area contributed by atoms with E-state index in [1.54, 1.807) is 6.20 Å². The zero-order chi connectivity index (χ0) is 12.4. The van der Waals surface area contributed by atoms with E-state index in [0.717, 1.165) is 12.2 Å². The van der Waals surface area contributed by atoms with E-state index >= 15 is 0 Å². The van der Waals surface area contributed by atoms with Crippen molar-refractivity contribution < 1.29 is 9.59 Å². The number of rotatable bonds is 4. The van der Waals surface area contributed by atoms with Crippen LogP contribution in [0.25, 0.3) is 0 Å². The highest BCUT2D eigenvalue weighted by molar-refractivity contribution is 6.05. The van der Waals surface area contributed by atoms with Gasteiger partial charge in [0.1, 0.15) is 0 Å². The lowest BCUT2D eigenvalue weighted by molar-refractivity contribution is -0.137. The number of carbonyl (C=O) groups is 2. The van der Waals surface area contributed by atoms with Gasteiger partial charge in [0.05, 0.1) is 18.2 Å². The van der Waals surface area contributed by atoms with Crippen molar-refractivity contribution in [1.82, 2.24) is 20.0 Å². The molecule has 0 aliphatic carbocycles. The second-order valence-corrected chi connectivity index (χ2v) is 4.07. The Bertz CT molecular complexity index is 440. The summed E-state index contributed by atoms with van der Waals surface area (Å²) in [5.41, 5.74) is 1.02. The molecule has 1 atom stereocenters. The van der Waals surface area contributed by atoms with Crippen LogP contribution in [0.1, 0.15) is 19.0 Å². The summed E-state index contributed by atoms with van der Waals surface area (Å²) in [6.45, 7) is 3.35. The van der Waals surface area contributed by atoms with Gasteiger partial charge in [-0.25, -0.2) is 0 Å². The van der Waals surface area contributed by atoms with Gasteiger partial charge in [-0.1, -0.05) is 0 Å². The van der Waals surface area contributed by atoms with Gasteiger partial charge in [0, 0.05) is 26.3 Å². The third-order valence-electron chi connectivity index (χ3n) is 3.02. The number of hydrogen-bond acceptors (Lipinski definition) is 4. The van der Waals surface area contributed by atoms with Crippen molar-refractivity contribution >= 4 is 11.8 Å². The molecular formula is C11H16N4O2. The van der Waals surface area contributed by atoms with Gasteiger partial charge < -0.3 is 0 Å². The molecule has 1 aliphatic heterocycles. The Labute approximate surface area is 99.6 Å². The molecule has 1 aromatic heterocycles. The first-order valence-electron chi connectivity index (χ1n) is 5.68. The number of nitrogens with zero attached hydrogens (tertiary/aromatic N) is 3. The molecule has 0 spiro atoms. The highest BCUT2D eigenvalue weighted by atomic mass is 16.2. The number of carbonyl (C=O) groups excluding carboxylic acids is 2. The third kappa shape index (κ3) is 2.21. The fourth-order valence-electron chi connectivity index (χ4n) is 1.94. The van der Waals surface area contributed by atoms with E-state index in [1.165, 1.54) is 11.9 Å². The van der Waals surface area contributed by atoms with Gasteiger partial charge in [-0.3, -0.25) is 24.5 Å². The van der Waals surface area contributed by atoms with Crippen molar-refractivity contribution in [3.05, 3.63) is 18.0 Å². The van der Waals surface area contributed by atoms with E-state index in [-0.39, 0.29) is 18.2 Å². The molecule has 17 heavy (non-hydrogen) atoms. The highest BCUT2D eigenvalue weighted by Gasteiger charge is 2.35. The summed E-state index contributed by atoms with van der Waals surface area (Å²) in [6.07, 6.45) is 1.98. The van der Waals surface area contributed by atoms with Crippen LogP contribution in [0.4, 0.5) is 0 Å². The molecule has 1 aliphatic rings. The number of likely N-dealkylation sites (tertiary alicyclic amines) is 1. The molecule has 1 fully saturated rings. The van der Waals surface area contributed by atoms with Crippen molar-refractivity contribution in [2.45, 2.75) is 32.5 Å². The van der Waals surface area contributed by atoms with E-state index in [9.17, 15) is 9.59 Å². The zero-order valence-corrected chi connectivity index (χ0v) is 10.0. The lowest BCUT2D eigenvalue weighted by Gasteiger charge is -2.11. The Morgan fingerprint density at radius 2 is 2.29 bits per heavy atom. The van der Waals surface area contributed by atoms with Crippen LogP contribution in [-0.4, -0.2) is 39.6 Å². The van der Waals surface area contributed by atoms with Crippen LogP contribution in [0.15, 0.2) is 12.3 Å². The van der Waals surface area contributed by atoms with E-state index in [0.29, 0.717) is 6.54 Å². The predicted molar refractivity (Wildman–Crippen MR) is 60.9 cm³/mol. The largest absolute Gasteiger partial charge is 0.300 e. The molecule has 1 N–H and O–H groups in total. The summed E-state index contributed by atoms with van der Waals surface area (Å²) in [5.74, 6) is -0.283. The average Bonchev–Trinajstić information content (AvgIpc) is 2.87. The quantitative estimate of drug-likeness (QED) is 0.732. The van der Waals surface area contributed by atoms with Crippen molar-refractivity contribution in [3.8, 4) is 0 Å². The molecule has 6 nitrogen and oxygen atoms in total. The molecule has 0 bridgehead atoms. The molecule has 6 heteroatoms. The van der Waals surface area contributed by atoms with Crippen molar-refractivity contribution in [1.29, 1.82) is 0 Å². The maximum absolute atomic E-state index is 11.6. The Hall–Kier alpha value is -1.69. The van der Waals surface area contributed by atoms with Gasteiger partial charge >= 0.3 is 0 Å². The summed E-state index contributed by atoms with van der Waals surface area (Å²) in [7, 11) is 1.52. The van der Waals surface area contributed by atoms with Crippen LogP contribution < -0.4 is 5.32 Å². The van der Waals surface area contributed by atoms with Crippen molar-refractivity contribution in [3.63, 3.8) is 0 Å². The normalized spacial score (nSPS) is 20.4. The minimum absolute atomic E-state index is 0.128. The second kappa shape index (κ2) is 4.67. The molecule has 92 valence electrons. The van der Waals surface area contributed by atoms with Crippen LogP contribution >= 0.6 is 0 Å². The smallest absolute Gasteiger partial charge is 0.246 e. The molecular weight excluding hydrogens is 220 g/mol. The van der Waals surface area contributed by atoms with Crippen LogP contribution in [0.2, 0.25) is 0 Å². The number of likely N-dealkylation sites (N-methyl/N-ethyl adjacent to an activating group) is 1. The Morgan fingerprint density at radius 3 is 2.88 bits per heavy atom. The number of nitrogens with one attached hydrogen (secondary N) is 1. The minimum Gasteiger partial charge on any atom is -0.300 e. The number of aryl methyl sites for hydroxylation is 1. The molecule has 2 amide bonds. The minimum atomic E-state index is -0.396. The van der Waals surface area contributed by atoms with Crippen LogP contribution in [0.3, 0.4) is 0 Å². The zero-order valence-electron chi connectivity index (χ0n) is 10.0. The first-order chi connectivity index (χ1) is 8.13. The topological polar surface area (TPSA) is 67.2 Å². The van der Waals surface area contributed by atoms with Gasteiger partial charge in [-0.15, -0.1) is 0 Å². The van der Waals surface area contributed by atoms with Crippen LogP contribution in [0.5, 0.6) is 0 Å². The lowest BCUT2D eigenvalue weighted by atomic mass is 10.2. The summed E-state index contributed by atoms with van der Waals surface area (Å²) in [4.78, 5) is 24.2. The molecule has 1 unspecified atom stereocenters. The standard InChI is InChI=1S/C11H16N4O2/c1-3-15-8(4-5-13-15)7-12-9-6-10(16)14(2)11(9)17/h4-5,9,12H,3,6-7H2,1-2H3. The molecule has 0 radical (unpaired) electrons. The van der Waals surface area contributed by atoms with Gasteiger partial charge in [0.25, 0.3) is 0 Å². The number of aromatic nitrogens is 2. The van der Waals surface area contributed by atoms with Gasteiger partial charge in [-0.05, 0) is 13.0 Å². The van der Waals surface area contributed by atoms with E-state index in [2.05, 4.69) is 10.4 Å². The number of hydrogen-bond donors (Lipinski definition) is 1. The number of amides is 2. The third-order valence-corrected chi connectivity index (χ3v) is 3.02. The fourth-order valence-corrected chi connectivity index (χ4v) is 1.94. The molecule has 1 saturated heterocycles. The van der Waals surface area contributed by atoms with E-state index in [4.69, 9.17) is 0 Å². The van der Waals surface area contributed by atoms with E-state index < -0.39 is 6.04 Å². The Kier molecular flexibility index (Phi) is 3.23. The molecule has 2 heterocycles. The van der Waals surface area contributed by atoms with Crippen molar-refractivity contribution in [2.24, 2.45) is 0 Å². The number of imide groups is 1. The average molecular weight is 236 g/mol. The maximum atomic E-state index is 11.6. The van der Waals surface area contributed by atoms with Crippen LogP contribution in [0, 0.1) is 0 Å². The first-order valence-corrected chi connectivity index (χ1v) is 5.68. The van der Waals surface area contributed by atoms with Crippen LogP contribution in [-0.2, 0) is 22.7 Å². The molecule has 1 aromatic rings. The Morgan fingerprint density at radius 1 is 1.53 bits per heavy atom. The van der Waals surface area contributed by atoms with E-state index in [1.807, 2.05) is 17.7 Å². The molecule has 0 aromatic carbocycles. The Balaban J connectivity index is 1.95. The van der Waals surface area contributed by atoms with Crippen molar-refractivity contribution in [2.75, 3.05) is 7.05 Å².